The normalized spacial score (nSPS) is 13.7. The average molecular weight is 383 g/mol. The fraction of sp³-hybridized carbons (Fsp3) is 0.458. The van der Waals surface area contributed by atoms with E-state index in [0.29, 0.717) is 11.1 Å². The summed E-state index contributed by atoms with van der Waals surface area (Å²) in [6.45, 7) is 10.7. The summed E-state index contributed by atoms with van der Waals surface area (Å²) in [4.78, 5) is 2.49. The Balaban J connectivity index is 2.09. The molecule has 0 aliphatic rings. The topological polar surface area (TPSA) is 27.0 Å². The van der Waals surface area contributed by atoms with Gasteiger partial charge >= 0.3 is 0 Å². The van der Waals surface area contributed by atoms with E-state index >= 15 is 0 Å². The van der Waals surface area contributed by atoms with Crippen molar-refractivity contribution in [3.63, 3.8) is 0 Å². The van der Waals surface area contributed by atoms with Crippen molar-refractivity contribution in [1.29, 1.82) is 5.26 Å². The monoisotopic (exact) mass is 382 g/mol. The SMILES string of the molecule is CC(C)N(CCCC(C#N)(c1ccc(Cl)cc1)C(C)C)Cc1ccccc1. The lowest BCUT2D eigenvalue weighted by Crippen LogP contribution is -2.35. The van der Waals surface area contributed by atoms with Crippen LogP contribution in [0.2, 0.25) is 5.02 Å². The fourth-order valence-electron chi connectivity index (χ4n) is 3.66. The third-order valence-electron chi connectivity index (χ3n) is 5.52. The Labute approximate surface area is 169 Å². The zero-order valence-corrected chi connectivity index (χ0v) is 17.7. The van der Waals surface area contributed by atoms with Gasteiger partial charge in [-0.2, -0.15) is 5.26 Å². The van der Waals surface area contributed by atoms with Gasteiger partial charge in [0.15, 0.2) is 0 Å². The Kier molecular flexibility index (Phi) is 7.90. The lowest BCUT2D eigenvalue weighted by molar-refractivity contribution is 0.199. The molecule has 27 heavy (non-hydrogen) atoms. The van der Waals surface area contributed by atoms with E-state index in [1.165, 1.54) is 5.56 Å². The van der Waals surface area contributed by atoms with Crippen LogP contribution in [-0.2, 0) is 12.0 Å². The maximum atomic E-state index is 10.1. The van der Waals surface area contributed by atoms with Gasteiger partial charge in [-0.05, 0) is 62.4 Å². The molecule has 0 saturated carbocycles. The van der Waals surface area contributed by atoms with E-state index in [4.69, 9.17) is 11.6 Å². The van der Waals surface area contributed by atoms with E-state index in [2.05, 4.69) is 69.0 Å². The Bertz CT molecular complexity index is 731. The highest BCUT2D eigenvalue weighted by atomic mass is 35.5. The summed E-state index contributed by atoms with van der Waals surface area (Å²) < 4.78 is 0. The summed E-state index contributed by atoms with van der Waals surface area (Å²) in [5, 5.41) is 10.8. The number of nitrogens with zero attached hydrogens (tertiary/aromatic N) is 2. The van der Waals surface area contributed by atoms with Crippen molar-refractivity contribution in [1.82, 2.24) is 4.90 Å². The van der Waals surface area contributed by atoms with Crippen LogP contribution < -0.4 is 0 Å². The molecule has 0 amide bonds. The van der Waals surface area contributed by atoms with Crippen LogP contribution in [0.3, 0.4) is 0 Å². The van der Waals surface area contributed by atoms with Gasteiger partial charge in [0, 0.05) is 17.6 Å². The van der Waals surface area contributed by atoms with Crippen molar-refractivity contribution in [3.8, 4) is 6.07 Å². The molecule has 0 heterocycles. The smallest absolute Gasteiger partial charge is 0.0845 e. The summed E-state index contributed by atoms with van der Waals surface area (Å²) in [5.74, 6) is 0.241. The molecule has 0 spiro atoms. The molecule has 1 atom stereocenters. The molecule has 2 aromatic rings. The van der Waals surface area contributed by atoms with Crippen LogP contribution in [0, 0.1) is 17.2 Å². The van der Waals surface area contributed by atoms with Crippen LogP contribution in [-0.4, -0.2) is 17.5 Å². The van der Waals surface area contributed by atoms with Gasteiger partial charge in [0.05, 0.1) is 11.5 Å². The first-order chi connectivity index (χ1) is 12.9. The Morgan fingerprint density at radius 2 is 1.63 bits per heavy atom. The van der Waals surface area contributed by atoms with Gasteiger partial charge < -0.3 is 0 Å². The van der Waals surface area contributed by atoms with Gasteiger partial charge in [-0.25, -0.2) is 0 Å². The third kappa shape index (κ3) is 5.58. The Hall–Kier alpha value is -1.82. The van der Waals surface area contributed by atoms with Gasteiger partial charge in [0.25, 0.3) is 0 Å². The second-order valence-electron chi connectivity index (χ2n) is 7.90. The standard InChI is InChI=1S/C24H31ClN2/c1-19(2)24(18-26,22-11-13-23(25)14-12-22)15-8-16-27(20(3)4)17-21-9-6-5-7-10-21/h5-7,9-14,19-20H,8,15-17H2,1-4H3. The van der Waals surface area contributed by atoms with Crippen LogP contribution >= 0.6 is 11.6 Å². The minimum absolute atomic E-state index is 0.241. The third-order valence-corrected chi connectivity index (χ3v) is 5.77. The van der Waals surface area contributed by atoms with Crippen LogP contribution in [0.5, 0.6) is 0 Å². The Morgan fingerprint density at radius 1 is 1.00 bits per heavy atom. The largest absolute Gasteiger partial charge is 0.297 e. The molecule has 0 aliphatic carbocycles. The molecule has 0 saturated heterocycles. The minimum Gasteiger partial charge on any atom is -0.297 e. The van der Waals surface area contributed by atoms with Crippen LogP contribution in [0.25, 0.3) is 0 Å². The van der Waals surface area contributed by atoms with Gasteiger partial charge in [0.1, 0.15) is 0 Å². The van der Waals surface area contributed by atoms with Crippen molar-refractivity contribution in [2.75, 3.05) is 6.54 Å². The zero-order chi connectivity index (χ0) is 19.9. The molecule has 0 fully saturated rings. The maximum Gasteiger partial charge on any atom is 0.0845 e. The summed E-state index contributed by atoms with van der Waals surface area (Å²) in [5.41, 5.74) is 1.93. The first-order valence-electron chi connectivity index (χ1n) is 9.84. The molecular weight excluding hydrogens is 352 g/mol. The lowest BCUT2D eigenvalue weighted by atomic mass is 9.70. The molecular formula is C24H31ClN2. The van der Waals surface area contributed by atoms with E-state index in [9.17, 15) is 5.26 Å². The highest BCUT2D eigenvalue weighted by Gasteiger charge is 2.35. The molecule has 0 bridgehead atoms. The number of halogens is 1. The van der Waals surface area contributed by atoms with Crippen LogP contribution in [0.1, 0.15) is 51.7 Å². The molecule has 0 radical (unpaired) electrons. The predicted molar refractivity (Wildman–Crippen MR) is 115 cm³/mol. The second kappa shape index (κ2) is 9.93. The average Bonchev–Trinajstić information content (AvgIpc) is 2.66. The van der Waals surface area contributed by atoms with Crippen molar-refractivity contribution in [2.45, 2.75) is 58.5 Å². The van der Waals surface area contributed by atoms with E-state index in [1.54, 1.807) is 0 Å². The quantitative estimate of drug-likeness (QED) is 0.498. The first-order valence-corrected chi connectivity index (χ1v) is 10.2. The van der Waals surface area contributed by atoms with Crippen LogP contribution in [0.15, 0.2) is 54.6 Å². The molecule has 0 N–H and O–H groups in total. The van der Waals surface area contributed by atoms with Gasteiger partial charge in [0.2, 0.25) is 0 Å². The first kappa shape index (κ1) is 21.5. The zero-order valence-electron chi connectivity index (χ0n) is 17.0. The number of benzene rings is 2. The molecule has 0 aliphatic heterocycles. The lowest BCUT2D eigenvalue weighted by Gasteiger charge is -2.33. The number of hydrogen-bond acceptors (Lipinski definition) is 2. The predicted octanol–water partition coefficient (Wildman–Crippen LogP) is 6.45. The summed E-state index contributed by atoms with van der Waals surface area (Å²) in [6.07, 6.45) is 1.83. The molecule has 2 rings (SSSR count). The summed E-state index contributed by atoms with van der Waals surface area (Å²) in [7, 11) is 0. The fourth-order valence-corrected chi connectivity index (χ4v) is 3.79. The van der Waals surface area contributed by atoms with Gasteiger partial charge in [-0.15, -0.1) is 0 Å². The highest BCUT2D eigenvalue weighted by Crippen LogP contribution is 2.37. The highest BCUT2D eigenvalue weighted by molar-refractivity contribution is 6.30. The number of rotatable bonds is 9. The van der Waals surface area contributed by atoms with E-state index in [-0.39, 0.29) is 5.92 Å². The van der Waals surface area contributed by atoms with E-state index in [1.807, 2.05) is 24.3 Å². The minimum atomic E-state index is -0.472. The van der Waals surface area contributed by atoms with E-state index in [0.717, 1.165) is 31.5 Å². The molecule has 1 unspecified atom stereocenters. The van der Waals surface area contributed by atoms with Gasteiger partial charge in [-0.1, -0.05) is 67.9 Å². The van der Waals surface area contributed by atoms with E-state index < -0.39 is 5.41 Å². The number of hydrogen-bond donors (Lipinski definition) is 0. The van der Waals surface area contributed by atoms with Crippen molar-refractivity contribution in [3.05, 3.63) is 70.7 Å². The summed E-state index contributed by atoms with van der Waals surface area (Å²) >= 11 is 6.05. The molecule has 3 heteroatoms. The van der Waals surface area contributed by atoms with Crippen molar-refractivity contribution in [2.24, 2.45) is 5.92 Å². The van der Waals surface area contributed by atoms with Crippen molar-refractivity contribution < 1.29 is 0 Å². The molecule has 0 aromatic heterocycles. The maximum absolute atomic E-state index is 10.1. The molecule has 144 valence electrons. The summed E-state index contributed by atoms with van der Waals surface area (Å²) in [6, 6.07) is 21.5. The number of nitriles is 1. The molecule has 2 nitrogen and oxygen atoms in total. The second-order valence-corrected chi connectivity index (χ2v) is 8.33. The van der Waals surface area contributed by atoms with Crippen LogP contribution in [0.4, 0.5) is 0 Å². The molecule has 2 aromatic carbocycles. The van der Waals surface area contributed by atoms with Crippen molar-refractivity contribution >= 4 is 11.6 Å². The Morgan fingerprint density at radius 3 is 2.15 bits per heavy atom. The van der Waals surface area contributed by atoms with Gasteiger partial charge in [-0.3, -0.25) is 4.90 Å².